The van der Waals surface area contributed by atoms with Crippen molar-refractivity contribution in [1.29, 1.82) is 0 Å². The molecule has 0 bridgehead atoms. The van der Waals surface area contributed by atoms with Crippen molar-refractivity contribution >= 4 is 81.4 Å². The van der Waals surface area contributed by atoms with E-state index in [2.05, 4.69) is 138 Å². The molecule has 12 aromatic rings. The van der Waals surface area contributed by atoms with Crippen molar-refractivity contribution in [3.63, 3.8) is 0 Å². The number of halogens is 16. The molecule has 2 saturated carbocycles. The van der Waals surface area contributed by atoms with E-state index in [0.29, 0.717) is 66.6 Å². The third-order valence-electron chi connectivity index (χ3n) is 19.4. The molecule has 34 nitrogen and oxygen atoms in total. The number of rotatable bonds is 22. The Morgan fingerprint density at radius 3 is 1.24 bits per heavy atom. The predicted molar refractivity (Wildman–Crippen MR) is 396 cm³/mol. The zero-order chi connectivity index (χ0) is 84.3. The quantitative estimate of drug-likeness (QED) is 0.0292. The van der Waals surface area contributed by atoms with Crippen LogP contribution in [0.1, 0.15) is 153 Å². The van der Waals surface area contributed by atoms with Crippen LogP contribution in [0.2, 0.25) is 5.15 Å². The summed E-state index contributed by atoms with van der Waals surface area (Å²) in [4.78, 5) is 46.9. The van der Waals surface area contributed by atoms with E-state index in [-0.39, 0.29) is 89.5 Å². The maximum absolute atomic E-state index is 13.1. The van der Waals surface area contributed by atoms with Crippen LogP contribution in [0.15, 0.2) is 93.3 Å². The highest BCUT2D eigenvalue weighted by atomic mass is 35.5. The number of hydrogen-bond acceptors (Lipinski definition) is 26. The molecule has 2 fully saturated rings. The van der Waals surface area contributed by atoms with Gasteiger partial charge in [0.15, 0.2) is 5.15 Å². The first-order valence-corrected chi connectivity index (χ1v) is 37.0. The van der Waals surface area contributed by atoms with Crippen molar-refractivity contribution < 1.29 is 65.9 Å². The van der Waals surface area contributed by atoms with Crippen LogP contribution in [0.5, 0.6) is 0 Å². The van der Waals surface area contributed by atoms with E-state index in [1.807, 2.05) is 44.9 Å². The van der Waals surface area contributed by atoms with E-state index < -0.39 is 65.0 Å². The zero-order valence-corrected chi connectivity index (χ0v) is 64.0. The summed E-state index contributed by atoms with van der Waals surface area (Å²) >= 11 is 6.21. The van der Waals surface area contributed by atoms with Crippen molar-refractivity contribution in [1.82, 2.24) is 128 Å². The number of nitrogens with one attached hydrogen (secondary N) is 8. The molecule has 0 amide bonds. The van der Waals surface area contributed by atoms with Gasteiger partial charge in [-0.1, -0.05) is 11.6 Å². The van der Waals surface area contributed by atoms with Gasteiger partial charge in [0.25, 0.3) is 0 Å². The first-order chi connectivity index (χ1) is 56.1. The van der Waals surface area contributed by atoms with Crippen LogP contribution in [0.25, 0.3) is 0 Å². The predicted octanol–water partition coefficient (Wildman–Crippen LogP) is 14.6. The lowest BCUT2D eigenvalue weighted by molar-refractivity contribution is -0.149. The molecular weight excluding hydrogens is 1610 g/mol. The van der Waals surface area contributed by atoms with Crippen LogP contribution >= 0.6 is 11.6 Å². The summed E-state index contributed by atoms with van der Waals surface area (Å²) in [6.07, 6.45) is 2.13. The Hall–Kier alpha value is -12.5. The SMILES string of the molecule is CCNc1nc(Nc2cn(C3CCn4ccnc43)nc2Cl)ncc1C(F)(F)F.CCNc1nc(Nc2cnn(C3CC(n4cncn4)C3)c2C)ncc1C(F)(F)F.CCNc1nc(Nc2cnn(C3CC(n4ncnc4C(F)(F)F)C3)c2C)ncc1C(F)(F)F.CCNc1nc(Nc2cnn(C3Cc4nccn4C3)c2C)ncc1C(F)(F)F. The lowest BCUT2D eigenvalue weighted by atomic mass is 9.86. The molecule has 50 heteroatoms. The van der Waals surface area contributed by atoms with Crippen LogP contribution < -0.4 is 42.5 Å². The fourth-order valence-electron chi connectivity index (χ4n) is 13.5. The summed E-state index contributed by atoms with van der Waals surface area (Å²) < 4.78 is 210. The van der Waals surface area contributed by atoms with Crippen LogP contribution in [0.3, 0.4) is 0 Å². The van der Waals surface area contributed by atoms with E-state index >= 15 is 0 Å². The van der Waals surface area contributed by atoms with Gasteiger partial charge in [0.2, 0.25) is 29.6 Å². The molecule has 8 N–H and O–H groups in total. The van der Waals surface area contributed by atoms with Gasteiger partial charge < -0.3 is 51.7 Å². The molecule has 2 aliphatic heterocycles. The van der Waals surface area contributed by atoms with Gasteiger partial charge in [-0.15, -0.1) is 0 Å². The number of hydrogen-bond donors (Lipinski definition) is 8. The summed E-state index contributed by atoms with van der Waals surface area (Å²) in [6, 6.07) is -0.0234. The third kappa shape index (κ3) is 18.5. The number of alkyl halides is 15. The van der Waals surface area contributed by atoms with Crippen molar-refractivity contribution in [3.05, 3.63) is 155 Å². The highest BCUT2D eigenvalue weighted by Crippen LogP contribution is 2.46. The normalized spacial score (nSPS) is 17.7. The minimum Gasteiger partial charge on any atom is -0.370 e. The van der Waals surface area contributed by atoms with Gasteiger partial charge >= 0.3 is 30.9 Å². The van der Waals surface area contributed by atoms with Crippen molar-refractivity contribution in [2.45, 2.75) is 167 Å². The Morgan fingerprint density at radius 2 is 0.831 bits per heavy atom. The first kappa shape index (κ1) is 83.4. The van der Waals surface area contributed by atoms with Gasteiger partial charge in [0.1, 0.15) is 82.2 Å². The maximum Gasteiger partial charge on any atom is 0.451 e. The topological polar surface area (TPSA) is 368 Å². The smallest absolute Gasteiger partial charge is 0.370 e. The van der Waals surface area contributed by atoms with E-state index in [0.717, 1.165) is 91.4 Å². The third-order valence-corrected chi connectivity index (χ3v) is 19.7. The van der Waals surface area contributed by atoms with Gasteiger partial charge in [-0.25, -0.2) is 49.2 Å². The maximum atomic E-state index is 13.1. The molecule has 14 heterocycles. The molecule has 12 aromatic heterocycles. The molecule has 118 heavy (non-hydrogen) atoms. The molecule has 2 unspecified atom stereocenters. The average molecular weight is 1690 g/mol. The standard InChI is InChI=1S/C18H19F6N9.C17H20F3N9.C17H19F3N8.C16H16ClF3N8/c1-3-25-14-12(17(19,20)21)6-26-16(31-14)30-13-7-28-32(9(13)2)10-4-11(5-10)33-15(18(22,23)24)27-8-29-33;1-3-22-15-13(17(18,19)20)6-23-16(27-15)26-14-7-24-29(10(14)2)12-4-11(5-12)28-9-21-8-25-28;1-3-21-15-12(17(18,19)20)7-23-16(26-15)25-13-8-24-28(10(13)2)11-6-14-22-4-5-27(14)9-11;1-2-21-13-9(16(18,19)20)7-23-15(25-13)24-10-8-28(26-12(10)17)11-3-5-27-6-4-22-14(11)27/h6-8,10-11H,3-5H2,1-2H3,(H2,25,26,30,31);6-9,11-12H,3-5H2,1-2H3,(H2,22,23,26,27);4-5,7-8,11H,3,6,9H2,1-2H3,(H2,21,23,25,26);4,6-8,11H,2-3,5H2,1H3,(H2,21,23,24,25). The summed E-state index contributed by atoms with van der Waals surface area (Å²) in [5.74, 6) is -0.212. The van der Waals surface area contributed by atoms with Gasteiger partial charge in [0.05, 0.1) is 94.8 Å². The van der Waals surface area contributed by atoms with E-state index in [9.17, 15) is 65.9 Å². The monoisotopic (exact) mass is 1690 g/mol. The molecule has 0 aromatic carbocycles. The highest BCUT2D eigenvalue weighted by Gasteiger charge is 2.44. The summed E-state index contributed by atoms with van der Waals surface area (Å²) in [5, 5.41) is 47.5. The molecule has 628 valence electrons. The molecule has 0 spiro atoms. The van der Waals surface area contributed by atoms with Gasteiger partial charge in [0, 0.05) is 95.3 Å². The molecule has 2 aliphatic carbocycles. The Balaban J connectivity index is 0.000000137. The van der Waals surface area contributed by atoms with E-state index in [4.69, 9.17) is 11.6 Å². The summed E-state index contributed by atoms with van der Waals surface area (Å²) in [6.45, 7) is 15.0. The average Bonchev–Trinajstić information content (AvgIpc) is 1.58. The number of aromatic nitrogens is 26. The zero-order valence-electron chi connectivity index (χ0n) is 63.3. The van der Waals surface area contributed by atoms with Crippen LogP contribution in [-0.2, 0) is 50.4 Å². The van der Waals surface area contributed by atoms with E-state index in [1.165, 1.54) is 12.5 Å². The molecule has 4 aliphatic rings. The van der Waals surface area contributed by atoms with Crippen molar-refractivity contribution in [2.75, 3.05) is 68.7 Å². The second-order valence-electron chi connectivity index (χ2n) is 27.1. The second-order valence-corrected chi connectivity index (χ2v) is 27.5. The molecule has 16 rings (SSSR count). The fourth-order valence-corrected chi connectivity index (χ4v) is 13.7. The van der Waals surface area contributed by atoms with Gasteiger partial charge in [-0.05, 0) is 80.6 Å². The minimum atomic E-state index is -4.60. The molecule has 2 atom stereocenters. The Bertz CT molecular complexity index is 5390. The highest BCUT2D eigenvalue weighted by molar-refractivity contribution is 6.32. The first-order valence-electron chi connectivity index (χ1n) is 36.6. The number of aryl methyl sites for hydroxylation is 1. The Kier molecular flexibility index (Phi) is 24.0. The Labute approximate surface area is 663 Å². The number of fused-ring (bicyclic) bond motifs is 2. The minimum absolute atomic E-state index is 0.0154. The number of imidazole rings is 2. The fraction of sp³-hybridized carbons (Fsp3) is 0.441. The van der Waals surface area contributed by atoms with Crippen LogP contribution in [0, 0.1) is 20.8 Å². The largest absolute Gasteiger partial charge is 0.451 e. The molecule has 0 radical (unpaired) electrons. The summed E-state index contributed by atoms with van der Waals surface area (Å²) in [5.41, 5.74) is 0.813. The van der Waals surface area contributed by atoms with Crippen LogP contribution in [0.4, 0.5) is 136 Å². The number of nitrogens with zero attached hydrogens (tertiary/aromatic N) is 26. The van der Waals surface area contributed by atoms with Crippen molar-refractivity contribution in [2.24, 2.45) is 0 Å². The molecular formula is C68H74ClF15N34. The Morgan fingerprint density at radius 1 is 0.424 bits per heavy atom. The van der Waals surface area contributed by atoms with Crippen molar-refractivity contribution in [3.8, 4) is 0 Å². The van der Waals surface area contributed by atoms with E-state index in [1.54, 1.807) is 81.3 Å². The summed E-state index contributed by atoms with van der Waals surface area (Å²) in [7, 11) is 0. The number of anilines is 12. The molecule has 0 saturated heterocycles. The lowest BCUT2D eigenvalue weighted by Gasteiger charge is -2.36. The van der Waals surface area contributed by atoms with Gasteiger partial charge in [-0.2, -0.15) is 116 Å². The lowest BCUT2D eigenvalue weighted by Crippen LogP contribution is -2.33. The van der Waals surface area contributed by atoms with Crippen LogP contribution in [-0.4, -0.2) is 154 Å². The second kappa shape index (κ2) is 34.0. The van der Waals surface area contributed by atoms with Gasteiger partial charge in [-0.3, -0.25) is 18.7 Å².